The Bertz CT molecular complexity index is 1590. The molecule has 2 atom stereocenters. The van der Waals surface area contributed by atoms with E-state index in [0.717, 1.165) is 35.0 Å². The van der Waals surface area contributed by atoms with E-state index in [0.29, 0.717) is 17.9 Å². The second-order valence-corrected chi connectivity index (χ2v) is 9.50. The minimum atomic E-state index is -0.444. The summed E-state index contributed by atoms with van der Waals surface area (Å²) in [6.07, 6.45) is 1.83. The van der Waals surface area contributed by atoms with E-state index in [4.69, 9.17) is 0 Å². The number of benzene rings is 3. The molecule has 0 aliphatic carbocycles. The molecule has 3 heterocycles. The summed E-state index contributed by atoms with van der Waals surface area (Å²) >= 11 is 0. The van der Waals surface area contributed by atoms with E-state index in [2.05, 4.69) is 81.7 Å². The maximum absolute atomic E-state index is 13.6. The number of nitrogens with one attached hydrogen (secondary N) is 1. The largest absolute Gasteiger partial charge is 0.354 e. The van der Waals surface area contributed by atoms with Crippen LogP contribution in [-0.2, 0) is 19.4 Å². The molecule has 7 nitrogen and oxygen atoms in total. The molecule has 5 aromatic rings. The third kappa shape index (κ3) is 3.86. The Hall–Kier alpha value is -4.26. The van der Waals surface area contributed by atoms with Crippen molar-refractivity contribution >= 4 is 16.6 Å². The molecule has 1 N–H and O–H groups in total. The van der Waals surface area contributed by atoms with Gasteiger partial charge < -0.3 is 9.88 Å². The first kappa shape index (κ1) is 22.2. The number of nitrogens with zero attached hydrogens (tertiary/aromatic N) is 5. The van der Waals surface area contributed by atoms with Crippen molar-refractivity contribution in [2.24, 2.45) is 0 Å². The molecule has 0 fully saturated rings. The number of para-hydroxylation sites is 1. The van der Waals surface area contributed by atoms with Crippen molar-refractivity contribution in [3.63, 3.8) is 0 Å². The second kappa shape index (κ2) is 9.07. The Labute approximate surface area is 209 Å². The molecule has 36 heavy (non-hydrogen) atoms. The van der Waals surface area contributed by atoms with Gasteiger partial charge in [-0.2, -0.15) is 0 Å². The number of hydrogen-bond donors (Lipinski definition) is 1. The zero-order valence-electron chi connectivity index (χ0n) is 20.4. The number of aromatic amines is 1. The normalized spacial score (nSPS) is 15.8. The van der Waals surface area contributed by atoms with E-state index >= 15 is 0 Å². The highest BCUT2D eigenvalue weighted by Crippen LogP contribution is 2.40. The summed E-state index contributed by atoms with van der Waals surface area (Å²) in [4.78, 5) is 19.0. The molecular formula is C29H28N6O. The zero-order valence-corrected chi connectivity index (χ0v) is 20.4. The van der Waals surface area contributed by atoms with Gasteiger partial charge in [-0.25, -0.2) is 4.68 Å². The number of rotatable bonds is 6. The minimum Gasteiger partial charge on any atom is -0.354 e. The summed E-state index contributed by atoms with van der Waals surface area (Å²) in [5.74, 6) is 0.652. The van der Waals surface area contributed by atoms with Gasteiger partial charge in [0.05, 0.1) is 6.54 Å². The third-order valence-electron chi connectivity index (χ3n) is 7.16. The molecule has 1 aliphatic heterocycles. The molecule has 0 radical (unpaired) electrons. The van der Waals surface area contributed by atoms with E-state index in [1.54, 1.807) is 0 Å². The SMILES string of the molecule is CCc1ccc2[nH]c(=O)c([C@H](c3nnnn3Cc3ccccc3)N3c4ccccc4C[C@H]3C)cc2c1. The summed E-state index contributed by atoms with van der Waals surface area (Å²) in [6.45, 7) is 4.86. The molecule has 0 bridgehead atoms. The van der Waals surface area contributed by atoms with E-state index in [1.165, 1.54) is 11.1 Å². The molecule has 6 rings (SSSR count). The van der Waals surface area contributed by atoms with Crippen molar-refractivity contribution in [3.8, 4) is 0 Å². The number of fused-ring (bicyclic) bond motifs is 2. The van der Waals surface area contributed by atoms with Crippen molar-refractivity contribution in [3.05, 3.63) is 117 Å². The van der Waals surface area contributed by atoms with E-state index < -0.39 is 6.04 Å². The lowest BCUT2D eigenvalue weighted by Gasteiger charge is -2.33. The van der Waals surface area contributed by atoms with Gasteiger partial charge in [-0.15, -0.1) is 5.10 Å². The number of anilines is 1. The lowest BCUT2D eigenvalue weighted by Crippen LogP contribution is -2.38. The fourth-order valence-corrected chi connectivity index (χ4v) is 5.37. The maximum Gasteiger partial charge on any atom is 0.254 e. The lowest BCUT2D eigenvalue weighted by atomic mass is 10.0. The number of aromatic nitrogens is 5. The van der Waals surface area contributed by atoms with Crippen LogP contribution in [-0.4, -0.2) is 31.2 Å². The number of hydrogen-bond acceptors (Lipinski definition) is 5. The predicted octanol–water partition coefficient (Wildman–Crippen LogP) is 4.67. The van der Waals surface area contributed by atoms with E-state index in [9.17, 15) is 4.79 Å². The summed E-state index contributed by atoms with van der Waals surface area (Å²) in [5, 5.41) is 13.9. The highest BCUT2D eigenvalue weighted by atomic mass is 16.1. The summed E-state index contributed by atoms with van der Waals surface area (Å²) < 4.78 is 1.82. The predicted molar refractivity (Wildman–Crippen MR) is 141 cm³/mol. The summed E-state index contributed by atoms with van der Waals surface area (Å²) in [6, 6.07) is 26.5. The van der Waals surface area contributed by atoms with Crippen LogP contribution in [0.2, 0.25) is 0 Å². The Balaban J connectivity index is 1.55. The van der Waals surface area contributed by atoms with Gasteiger partial charge >= 0.3 is 0 Å². The first-order valence-corrected chi connectivity index (χ1v) is 12.4. The molecule has 180 valence electrons. The van der Waals surface area contributed by atoms with Gasteiger partial charge in [-0.05, 0) is 76.5 Å². The highest BCUT2D eigenvalue weighted by Gasteiger charge is 2.37. The van der Waals surface area contributed by atoms with Gasteiger partial charge in [0.15, 0.2) is 5.82 Å². The van der Waals surface area contributed by atoms with Crippen LogP contribution in [0.25, 0.3) is 10.9 Å². The molecule has 0 amide bonds. The number of tetrazole rings is 1. The average molecular weight is 477 g/mol. The fourth-order valence-electron chi connectivity index (χ4n) is 5.37. The van der Waals surface area contributed by atoms with Crippen molar-refractivity contribution in [2.75, 3.05) is 4.90 Å². The van der Waals surface area contributed by atoms with Crippen LogP contribution in [0.3, 0.4) is 0 Å². The monoisotopic (exact) mass is 476 g/mol. The number of aryl methyl sites for hydroxylation is 1. The number of pyridine rings is 1. The maximum atomic E-state index is 13.6. The molecule has 0 saturated heterocycles. The van der Waals surface area contributed by atoms with Gasteiger partial charge in [-0.1, -0.05) is 61.5 Å². The van der Waals surface area contributed by atoms with Gasteiger partial charge in [0.2, 0.25) is 0 Å². The molecule has 1 aliphatic rings. The Morgan fingerprint density at radius 3 is 2.64 bits per heavy atom. The van der Waals surface area contributed by atoms with Crippen molar-refractivity contribution < 1.29 is 0 Å². The van der Waals surface area contributed by atoms with Crippen LogP contribution < -0.4 is 10.5 Å². The standard InChI is InChI=1S/C29H28N6O/c1-3-20-13-14-25-23(16-20)17-24(29(36)30-25)27(35-19(2)15-22-11-7-8-12-26(22)35)28-31-32-33-34(28)18-21-9-5-4-6-10-21/h4-14,16-17,19,27H,3,15,18H2,1-2H3,(H,30,36)/t19-,27-/m1/s1. The molecule has 0 unspecified atom stereocenters. The smallest absolute Gasteiger partial charge is 0.254 e. The first-order valence-electron chi connectivity index (χ1n) is 12.4. The van der Waals surface area contributed by atoms with Crippen LogP contribution >= 0.6 is 0 Å². The lowest BCUT2D eigenvalue weighted by molar-refractivity contribution is 0.544. The topological polar surface area (TPSA) is 79.7 Å². The molecule has 2 aromatic heterocycles. The van der Waals surface area contributed by atoms with Crippen LogP contribution in [0.1, 0.15) is 48.0 Å². The summed E-state index contributed by atoms with van der Waals surface area (Å²) in [7, 11) is 0. The molecule has 7 heteroatoms. The molecule has 0 spiro atoms. The number of H-pyrrole nitrogens is 1. The highest BCUT2D eigenvalue weighted by molar-refractivity contribution is 5.80. The van der Waals surface area contributed by atoms with Gasteiger partial charge in [0.1, 0.15) is 6.04 Å². The van der Waals surface area contributed by atoms with Crippen molar-refractivity contribution in [1.82, 2.24) is 25.2 Å². The van der Waals surface area contributed by atoms with E-state index in [-0.39, 0.29) is 11.6 Å². The average Bonchev–Trinajstić information content (AvgIpc) is 3.49. The van der Waals surface area contributed by atoms with Crippen molar-refractivity contribution in [1.29, 1.82) is 0 Å². The third-order valence-corrected chi connectivity index (χ3v) is 7.16. The van der Waals surface area contributed by atoms with E-state index in [1.807, 2.05) is 41.1 Å². The first-order chi connectivity index (χ1) is 17.6. The molecule has 0 saturated carbocycles. The van der Waals surface area contributed by atoms with Gasteiger partial charge in [0.25, 0.3) is 5.56 Å². The Morgan fingerprint density at radius 1 is 1.00 bits per heavy atom. The quantitative estimate of drug-likeness (QED) is 0.385. The summed E-state index contributed by atoms with van der Waals surface area (Å²) in [5.41, 5.74) is 6.06. The van der Waals surface area contributed by atoms with Crippen LogP contribution in [0.5, 0.6) is 0 Å². The van der Waals surface area contributed by atoms with Crippen molar-refractivity contribution in [2.45, 2.75) is 45.3 Å². The van der Waals surface area contributed by atoms with Crippen LogP contribution in [0, 0.1) is 0 Å². The fraction of sp³-hybridized carbons (Fsp3) is 0.241. The second-order valence-electron chi connectivity index (χ2n) is 9.50. The van der Waals surface area contributed by atoms with Gasteiger partial charge in [0, 0.05) is 22.8 Å². The van der Waals surface area contributed by atoms with Gasteiger partial charge in [-0.3, -0.25) is 4.79 Å². The zero-order chi connectivity index (χ0) is 24.6. The Morgan fingerprint density at radius 2 is 1.81 bits per heavy atom. The van der Waals surface area contributed by atoms with Crippen LogP contribution in [0.4, 0.5) is 5.69 Å². The minimum absolute atomic E-state index is 0.123. The van der Waals surface area contributed by atoms with Crippen LogP contribution in [0.15, 0.2) is 83.7 Å². The molecule has 3 aromatic carbocycles. The Kier molecular flexibility index (Phi) is 5.60. The molecular weight excluding hydrogens is 448 g/mol.